The van der Waals surface area contributed by atoms with Gasteiger partial charge in [0.15, 0.2) is 0 Å². The zero-order valence-corrected chi connectivity index (χ0v) is 9.98. The second-order valence-electron chi connectivity index (χ2n) is 4.17. The van der Waals surface area contributed by atoms with E-state index in [1.165, 1.54) is 6.20 Å². The molecule has 0 amide bonds. The van der Waals surface area contributed by atoms with Gasteiger partial charge in [0.2, 0.25) is 5.28 Å². The van der Waals surface area contributed by atoms with Crippen molar-refractivity contribution in [3.8, 4) is 6.07 Å². The molecule has 0 spiro atoms. The van der Waals surface area contributed by atoms with E-state index < -0.39 is 0 Å². The van der Waals surface area contributed by atoms with E-state index in [9.17, 15) is 5.11 Å². The maximum atomic E-state index is 9.57. The summed E-state index contributed by atoms with van der Waals surface area (Å²) in [5.74, 6) is 0.451. The molecular weight excluding hydrogens is 240 g/mol. The van der Waals surface area contributed by atoms with Crippen LogP contribution < -0.4 is 5.32 Å². The van der Waals surface area contributed by atoms with Gasteiger partial charge in [0.1, 0.15) is 17.5 Å². The summed E-state index contributed by atoms with van der Waals surface area (Å²) in [5, 5.41) is 21.8. The number of aliphatic hydroxyl groups excluding tert-OH is 1. The average molecular weight is 253 g/mol. The second kappa shape index (κ2) is 5.30. The summed E-state index contributed by atoms with van der Waals surface area (Å²) in [5.41, 5.74) is 0.370. The van der Waals surface area contributed by atoms with E-state index in [0.717, 1.165) is 19.3 Å². The van der Waals surface area contributed by atoms with Crippen LogP contribution in [0.4, 0.5) is 5.82 Å². The lowest BCUT2D eigenvalue weighted by Gasteiger charge is -2.27. The van der Waals surface area contributed by atoms with Gasteiger partial charge in [0, 0.05) is 6.04 Å². The maximum Gasteiger partial charge on any atom is 0.224 e. The fourth-order valence-corrected chi connectivity index (χ4v) is 2.17. The molecule has 1 aliphatic rings. The van der Waals surface area contributed by atoms with Crippen molar-refractivity contribution in [2.75, 3.05) is 5.32 Å². The molecule has 0 unspecified atom stereocenters. The Labute approximate surface area is 104 Å². The van der Waals surface area contributed by atoms with Crippen LogP contribution >= 0.6 is 11.6 Å². The van der Waals surface area contributed by atoms with Gasteiger partial charge >= 0.3 is 0 Å². The first-order valence-corrected chi connectivity index (χ1v) is 5.94. The van der Waals surface area contributed by atoms with E-state index in [2.05, 4.69) is 15.3 Å². The van der Waals surface area contributed by atoms with E-state index in [-0.39, 0.29) is 17.4 Å². The van der Waals surface area contributed by atoms with Gasteiger partial charge in [-0.3, -0.25) is 0 Å². The number of aromatic nitrogens is 2. The lowest BCUT2D eigenvalue weighted by atomic mass is 9.93. The molecule has 0 aromatic carbocycles. The van der Waals surface area contributed by atoms with Gasteiger partial charge in [0.05, 0.1) is 12.3 Å². The molecule has 0 radical (unpaired) electrons. The summed E-state index contributed by atoms with van der Waals surface area (Å²) >= 11 is 5.70. The Morgan fingerprint density at radius 1 is 1.53 bits per heavy atom. The van der Waals surface area contributed by atoms with Gasteiger partial charge < -0.3 is 10.4 Å². The number of hydrogen-bond acceptors (Lipinski definition) is 5. The summed E-state index contributed by atoms with van der Waals surface area (Å²) in [4.78, 5) is 7.76. The molecule has 6 heteroatoms. The van der Waals surface area contributed by atoms with Crippen LogP contribution in [0.15, 0.2) is 6.20 Å². The van der Waals surface area contributed by atoms with Crippen molar-refractivity contribution < 1.29 is 5.11 Å². The van der Waals surface area contributed by atoms with Gasteiger partial charge in [-0.1, -0.05) is 0 Å². The molecule has 1 aromatic heterocycles. The highest BCUT2D eigenvalue weighted by molar-refractivity contribution is 6.28. The molecule has 1 heterocycles. The zero-order chi connectivity index (χ0) is 12.3. The van der Waals surface area contributed by atoms with Crippen molar-refractivity contribution in [3.05, 3.63) is 17.0 Å². The third-order valence-corrected chi connectivity index (χ3v) is 3.05. The summed E-state index contributed by atoms with van der Waals surface area (Å²) < 4.78 is 0. The predicted octanol–water partition coefficient (Wildman–Crippen LogP) is 1.72. The van der Waals surface area contributed by atoms with E-state index in [1.54, 1.807) is 0 Å². The Kier molecular flexibility index (Phi) is 3.77. The minimum absolute atomic E-state index is 0.114. The van der Waals surface area contributed by atoms with Crippen molar-refractivity contribution >= 4 is 17.4 Å². The largest absolute Gasteiger partial charge is 0.393 e. The predicted molar refractivity (Wildman–Crippen MR) is 63.6 cm³/mol. The second-order valence-corrected chi connectivity index (χ2v) is 4.51. The molecule has 1 fully saturated rings. The zero-order valence-electron chi connectivity index (χ0n) is 9.23. The first-order valence-electron chi connectivity index (χ1n) is 5.56. The molecule has 17 heavy (non-hydrogen) atoms. The van der Waals surface area contributed by atoms with Crippen LogP contribution in [0.5, 0.6) is 0 Å². The molecule has 0 aliphatic heterocycles. The Hall–Kier alpha value is -1.38. The minimum Gasteiger partial charge on any atom is -0.393 e. The smallest absolute Gasteiger partial charge is 0.224 e. The summed E-state index contributed by atoms with van der Waals surface area (Å²) in [6, 6.07) is 2.15. The van der Waals surface area contributed by atoms with Crippen molar-refractivity contribution in [1.82, 2.24) is 9.97 Å². The van der Waals surface area contributed by atoms with Crippen LogP contribution in [0.1, 0.15) is 31.2 Å². The van der Waals surface area contributed by atoms with Crippen LogP contribution in [0.2, 0.25) is 5.28 Å². The van der Waals surface area contributed by atoms with Crippen molar-refractivity contribution in [1.29, 1.82) is 5.26 Å². The first-order chi connectivity index (χ1) is 8.19. The van der Waals surface area contributed by atoms with Crippen LogP contribution in [0.25, 0.3) is 0 Å². The highest BCUT2D eigenvalue weighted by Gasteiger charge is 2.21. The average Bonchev–Trinajstić information content (AvgIpc) is 2.29. The Morgan fingerprint density at radius 3 is 3.06 bits per heavy atom. The maximum absolute atomic E-state index is 9.57. The lowest BCUT2D eigenvalue weighted by Crippen LogP contribution is -2.30. The normalized spacial score (nSPS) is 24.1. The van der Waals surface area contributed by atoms with Gasteiger partial charge in [0.25, 0.3) is 0 Å². The molecule has 2 atom stereocenters. The highest BCUT2D eigenvalue weighted by Crippen LogP contribution is 2.23. The van der Waals surface area contributed by atoms with E-state index in [4.69, 9.17) is 16.9 Å². The number of nitrogens with one attached hydrogen (secondary N) is 1. The Bertz CT molecular complexity index is 446. The van der Waals surface area contributed by atoms with Crippen LogP contribution in [0, 0.1) is 11.3 Å². The SMILES string of the molecule is N#Cc1cnc(Cl)nc1N[C@@H]1CCC[C@H](O)C1. The molecule has 1 aromatic rings. The van der Waals surface area contributed by atoms with Gasteiger partial charge in [-0.25, -0.2) is 4.98 Å². The quantitative estimate of drug-likeness (QED) is 0.783. The molecule has 1 saturated carbocycles. The molecule has 0 bridgehead atoms. The number of rotatable bonds is 2. The van der Waals surface area contributed by atoms with Crippen molar-refractivity contribution in [2.45, 2.75) is 37.8 Å². The standard InChI is InChI=1S/C11H13ClN4O/c12-11-14-6-7(5-13)10(16-11)15-8-2-1-3-9(17)4-8/h6,8-9,17H,1-4H2,(H,14,15,16)/t8-,9+/m1/s1. The lowest BCUT2D eigenvalue weighted by molar-refractivity contribution is 0.124. The summed E-state index contributed by atoms with van der Waals surface area (Å²) in [7, 11) is 0. The molecule has 0 saturated heterocycles. The van der Waals surface area contributed by atoms with Crippen LogP contribution in [-0.2, 0) is 0 Å². The van der Waals surface area contributed by atoms with E-state index >= 15 is 0 Å². The number of anilines is 1. The molecular formula is C11H13ClN4O. The third kappa shape index (κ3) is 3.05. The number of nitriles is 1. The topological polar surface area (TPSA) is 81.8 Å². The summed E-state index contributed by atoms with van der Waals surface area (Å²) in [6.45, 7) is 0. The van der Waals surface area contributed by atoms with Crippen molar-refractivity contribution in [2.24, 2.45) is 0 Å². The summed E-state index contributed by atoms with van der Waals surface area (Å²) in [6.07, 6.45) is 4.57. The number of hydrogen-bond donors (Lipinski definition) is 2. The van der Waals surface area contributed by atoms with Crippen LogP contribution in [-0.4, -0.2) is 27.2 Å². The Balaban J connectivity index is 2.12. The monoisotopic (exact) mass is 252 g/mol. The fraction of sp³-hybridized carbons (Fsp3) is 0.545. The number of aliphatic hydroxyl groups is 1. The first kappa shape index (κ1) is 12.1. The highest BCUT2D eigenvalue weighted by atomic mass is 35.5. The van der Waals surface area contributed by atoms with Gasteiger partial charge in [-0.2, -0.15) is 10.2 Å². The number of nitrogens with zero attached hydrogens (tertiary/aromatic N) is 3. The molecule has 5 nitrogen and oxygen atoms in total. The molecule has 1 aliphatic carbocycles. The van der Waals surface area contributed by atoms with Crippen molar-refractivity contribution in [3.63, 3.8) is 0 Å². The fourth-order valence-electron chi connectivity index (χ4n) is 2.04. The minimum atomic E-state index is -0.274. The van der Waals surface area contributed by atoms with Gasteiger partial charge in [-0.05, 0) is 37.3 Å². The molecule has 90 valence electrons. The third-order valence-electron chi connectivity index (χ3n) is 2.87. The molecule has 2 rings (SSSR count). The molecule has 2 N–H and O–H groups in total. The van der Waals surface area contributed by atoms with Gasteiger partial charge in [-0.15, -0.1) is 0 Å². The van der Waals surface area contributed by atoms with E-state index in [1.807, 2.05) is 6.07 Å². The number of halogens is 1. The van der Waals surface area contributed by atoms with Crippen LogP contribution in [0.3, 0.4) is 0 Å². The van der Waals surface area contributed by atoms with E-state index in [0.29, 0.717) is 17.8 Å². The Morgan fingerprint density at radius 2 is 2.35 bits per heavy atom.